The van der Waals surface area contributed by atoms with E-state index in [-0.39, 0.29) is 37.9 Å². The monoisotopic (exact) mass is 440 g/mol. The van der Waals surface area contributed by atoms with E-state index in [4.69, 9.17) is 9.47 Å². The molecule has 0 atom stereocenters. The van der Waals surface area contributed by atoms with E-state index in [2.05, 4.69) is 10.6 Å². The number of benzene rings is 2. The highest BCUT2D eigenvalue weighted by molar-refractivity contribution is 6.02. The Labute approximate surface area is 187 Å². The molecule has 170 valence electrons. The first-order valence-corrected chi connectivity index (χ1v) is 10.6. The predicted molar refractivity (Wildman–Crippen MR) is 121 cm³/mol. The van der Waals surface area contributed by atoms with Crippen LogP contribution in [0.4, 0.5) is 11.4 Å². The minimum absolute atomic E-state index is 0.198. The molecule has 0 radical (unpaired) electrons. The normalized spacial score (nSPS) is 10.2. The minimum Gasteiger partial charge on any atom is -0.462 e. The van der Waals surface area contributed by atoms with Crippen LogP contribution in [0, 0.1) is 0 Å². The lowest BCUT2D eigenvalue weighted by atomic mass is 10.1. The number of anilines is 2. The lowest BCUT2D eigenvalue weighted by Gasteiger charge is -2.11. The second kappa shape index (κ2) is 12.9. The Morgan fingerprint density at radius 2 is 1.03 bits per heavy atom. The molecule has 0 aliphatic carbocycles. The van der Waals surface area contributed by atoms with Crippen molar-refractivity contribution in [3.8, 4) is 0 Å². The van der Waals surface area contributed by atoms with Gasteiger partial charge in [0.2, 0.25) is 11.8 Å². The maximum absolute atomic E-state index is 12.2. The number of unbranched alkanes of at least 4 members (excludes halogenated alkanes) is 1. The summed E-state index contributed by atoms with van der Waals surface area (Å²) in [5.41, 5.74) is 1.37. The van der Waals surface area contributed by atoms with Crippen molar-refractivity contribution in [2.45, 2.75) is 39.5 Å². The standard InChI is InChI=1S/C24H28N2O6/c1-3-31-23(29)17-11-5-7-13-19(17)25-21(27)15-9-10-16-22(28)26-20-14-8-6-12-18(20)24(30)32-4-2/h5-8,11-14H,3-4,9-10,15-16H2,1-2H3,(H,25,27)(H,26,28). The van der Waals surface area contributed by atoms with E-state index in [0.717, 1.165) is 0 Å². The van der Waals surface area contributed by atoms with Crippen LogP contribution in [0.25, 0.3) is 0 Å². The van der Waals surface area contributed by atoms with Crippen LogP contribution in [0.2, 0.25) is 0 Å². The molecule has 0 saturated heterocycles. The van der Waals surface area contributed by atoms with Crippen molar-refractivity contribution in [1.29, 1.82) is 0 Å². The Kier molecular flexibility index (Phi) is 9.90. The molecule has 0 aliphatic rings. The number of esters is 2. The fourth-order valence-electron chi connectivity index (χ4n) is 2.95. The lowest BCUT2D eigenvalue weighted by molar-refractivity contribution is -0.118. The van der Waals surface area contributed by atoms with Crippen LogP contribution in [-0.2, 0) is 19.1 Å². The van der Waals surface area contributed by atoms with E-state index >= 15 is 0 Å². The molecular weight excluding hydrogens is 412 g/mol. The third-order valence-electron chi connectivity index (χ3n) is 4.45. The number of ether oxygens (including phenoxy) is 2. The molecule has 2 aromatic carbocycles. The summed E-state index contributed by atoms with van der Waals surface area (Å²) in [5, 5.41) is 5.44. The number of para-hydroxylation sites is 2. The van der Waals surface area contributed by atoms with Crippen molar-refractivity contribution in [3.63, 3.8) is 0 Å². The summed E-state index contributed by atoms with van der Waals surface area (Å²) in [6, 6.07) is 13.3. The number of carbonyl (C=O) groups excluding carboxylic acids is 4. The molecule has 8 heteroatoms. The minimum atomic E-state index is -0.497. The number of amides is 2. The van der Waals surface area contributed by atoms with Crippen molar-refractivity contribution in [2.75, 3.05) is 23.8 Å². The number of nitrogens with one attached hydrogen (secondary N) is 2. The van der Waals surface area contributed by atoms with Gasteiger partial charge in [-0.15, -0.1) is 0 Å². The van der Waals surface area contributed by atoms with Crippen LogP contribution in [0.5, 0.6) is 0 Å². The fraction of sp³-hybridized carbons (Fsp3) is 0.333. The molecule has 2 N–H and O–H groups in total. The van der Waals surface area contributed by atoms with Gasteiger partial charge in [0.25, 0.3) is 0 Å². The van der Waals surface area contributed by atoms with E-state index in [1.165, 1.54) is 0 Å². The van der Waals surface area contributed by atoms with Crippen LogP contribution in [0.3, 0.4) is 0 Å². The molecule has 0 fully saturated rings. The summed E-state index contributed by atoms with van der Waals surface area (Å²) in [5.74, 6) is -1.50. The summed E-state index contributed by atoms with van der Waals surface area (Å²) in [4.78, 5) is 48.5. The highest BCUT2D eigenvalue weighted by atomic mass is 16.5. The Hall–Kier alpha value is -3.68. The summed E-state index contributed by atoms with van der Waals surface area (Å²) < 4.78 is 9.99. The Bertz CT molecular complexity index is 880. The first kappa shape index (κ1) is 24.6. The number of rotatable bonds is 11. The molecular formula is C24H28N2O6. The van der Waals surface area contributed by atoms with E-state index in [9.17, 15) is 19.2 Å². The molecule has 0 bridgehead atoms. The Balaban J connectivity index is 1.80. The van der Waals surface area contributed by atoms with Crippen molar-refractivity contribution in [1.82, 2.24) is 0 Å². The van der Waals surface area contributed by atoms with Crippen LogP contribution >= 0.6 is 0 Å². The number of carbonyl (C=O) groups is 4. The van der Waals surface area contributed by atoms with Gasteiger partial charge in [-0.3, -0.25) is 9.59 Å². The second-order valence-electron chi connectivity index (χ2n) is 6.84. The Morgan fingerprint density at radius 3 is 1.41 bits per heavy atom. The van der Waals surface area contributed by atoms with Crippen LogP contribution in [0.15, 0.2) is 48.5 Å². The molecule has 0 aromatic heterocycles. The maximum Gasteiger partial charge on any atom is 0.340 e. The van der Waals surface area contributed by atoms with Gasteiger partial charge in [0.15, 0.2) is 0 Å². The molecule has 2 amide bonds. The zero-order valence-electron chi connectivity index (χ0n) is 18.3. The first-order chi connectivity index (χ1) is 15.5. The summed E-state index contributed by atoms with van der Waals surface area (Å²) >= 11 is 0. The highest BCUT2D eigenvalue weighted by Gasteiger charge is 2.15. The first-order valence-electron chi connectivity index (χ1n) is 10.6. The predicted octanol–water partition coefficient (Wildman–Crippen LogP) is 4.18. The average molecular weight is 440 g/mol. The third kappa shape index (κ3) is 7.54. The summed E-state index contributed by atoms with van der Waals surface area (Å²) in [6.07, 6.45) is 1.37. The van der Waals surface area contributed by atoms with Gasteiger partial charge < -0.3 is 20.1 Å². The highest BCUT2D eigenvalue weighted by Crippen LogP contribution is 2.18. The molecule has 32 heavy (non-hydrogen) atoms. The molecule has 2 aromatic rings. The van der Waals surface area contributed by atoms with Crippen LogP contribution < -0.4 is 10.6 Å². The molecule has 0 spiro atoms. The van der Waals surface area contributed by atoms with Gasteiger partial charge in [-0.2, -0.15) is 0 Å². The molecule has 0 unspecified atom stereocenters. The van der Waals surface area contributed by atoms with E-state index in [1.54, 1.807) is 62.4 Å². The summed E-state index contributed by atoms with van der Waals surface area (Å²) in [6.45, 7) is 3.91. The molecule has 2 rings (SSSR count). The van der Waals surface area contributed by atoms with Crippen molar-refractivity contribution in [3.05, 3.63) is 59.7 Å². The van der Waals surface area contributed by atoms with Gasteiger partial charge in [-0.05, 0) is 51.0 Å². The van der Waals surface area contributed by atoms with Crippen LogP contribution in [0.1, 0.15) is 60.2 Å². The van der Waals surface area contributed by atoms with E-state index in [0.29, 0.717) is 35.3 Å². The smallest absolute Gasteiger partial charge is 0.340 e. The van der Waals surface area contributed by atoms with Crippen molar-refractivity contribution in [2.24, 2.45) is 0 Å². The molecule has 0 heterocycles. The van der Waals surface area contributed by atoms with Gasteiger partial charge in [0.1, 0.15) is 0 Å². The third-order valence-corrected chi connectivity index (χ3v) is 4.45. The zero-order chi connectivity index (χ0) is 23.3. The largest absolute Gasteiger partial charge is 0.462 e. The van der Waals surface area contributed by atoms with E-state index in [1.807, 2.05) is 0 Å². The number of hydrogen-bond acceptors (Lipinski definition) is 6. The van der Waals surface area contributed by atoms with Crippen molar-refractivity contribution >= 4 is 35.1 Å². The molecule has 0 aliphatic heterocycles. The van der Waals surface area contributed by atoms with Gasteiger partial charge in [-0.1, -0.05) is 24.3 Å². The van der Waals surface area contributed by atoms with Gasteiger partial charge in [0.05, 0.1) is 35.7 Å². The van der Waals surface area contributed by atoms with Gasteiger partial charge in [-0.25, -0.2) is 9.59 Å². The van der Waals surface area contributed by atoms with Gasteiger partial charge >= 0.3 is 11.9 Å². The topological polar surface area (TPSA) is 111 Å². The van der Waals surface area contributed by atoms with Crippen LogP contribution in [-0.4, -0.2) is 37.0 Å². The quantitative estimate of drug-likeness (QED) is 0.401. The van der Waals surface area contributed by atoms with Gasteiger partial charge in [0, 0.05) is 12.8 Å². The molecule has 8 nitrogen and oxygen atoms in total. The zero-order valence-corrected chi connectivity index (χ0v) is 18.3. The second-order valence-corrected chi connectivity index (χ2v) is 6.84. The van der Waals surface area contributed by atoms with Crippen molar-refractivity contribution < 1.29 is 28.7 Å². The van der Waals surface area contributed by atoms with E-state index < -0.39 is 11.9 Å². The number of hydrogen-bond donors (Lipinski definition) is 2. The Morgan fingerprint density at radius 1 is 0.656 bits per heavy atom. The molecule has 0 saturated carbocycles. The fourth-order valence-corrected chi connectivity index (χ4v) is 2.95. The summed E-state index contributed by atoms with van der Waals surface area (Å²) in [7, 11) is 0. The average Bonchev–Trinajstić information content (AvgIpc) is 2.78. The SMILES string of the molecule is CCOC(=O)c1ccccc1NC(=O)CCCCC(=O)Nc1ccccc1C(=O)OCC. The maximum atomic E-state index is 12.2. The lowest BCUT2D eigenvalue weighted by Crippen LogP contribution is -2.17.